The van der Waals surface area contributed by atoms with E-state index in [2.05, 4.69) is 0 Å². The first kappa shape index (κ1) is 16.2. The van der Waals surface area contributed by atoms with Crippen molar-refractivity contribution in [1.82, 2.24) is 0 Å². The number of benzene rings is 2. The van der Waals surface area contributed by atoms with E-state index in [4.69, 9.17) is 4.74 Å². The third kappa shape index (κ3) is 2.29. The lowest BCUT2D eigenvalue weighted by molar-refractivity contribution is -0.110. The quantitative estimate of drug-likeness (QED) is 0.779. The summed E-state index contributed by atoms with van der Waals surface area (Å²) in [5.74, 6) is -0.0633. The second kappa shape index (κ2) is 5.77. The molecule has 0 spiro atoms. The molecule has 122 valence electrons. The number of nitrogens with zero attached hydrogens (tertiary/aromatic N) is 1. The summed E-state index contributed by atoms with van der Waals surface area (Å²) in [5, 5.41) is 8.42. The van der Waals surface area contributed by atoms with E-state index in [1.807, 2.05) is 6.07 Å². The molecule has 24 heavy (non-hydrogen) atoms. The molecule has 3 atom stereocenters. The molecule has 5 nitrogen and oxygen atoms in total. The van der Waals surface area contributed by atoms with Crippen LogP contribution in [0.5, 0.6) is 5.75 Å². The Balaban J connectivity index is 2.06. The number of hydrogen-bond acceptors (Lipinski definition) is 5. The van der Waals surface area contributed by atoms with E-state index in [1.165, 1.54) is 19.2 Å². The van der Waals surface area contributed by atoms with Gasteiger partial charge in [0.1, 0.15) is 22.7 Å². The van der Waals surface area contributed by atoms with E-state index in [9.17, 15) is 18.5 Å². The van der Waals surface area contributed by atoms with Crippen molar-refractivity contribution < 1.29 is 17.9 Å². The predicted molar refractivity (Wildman–Crippen MR) is 87.3 cm³/mol. The number of sulfone groups is 1. The minimum Gasteiger partial charge on any atom is -0.497 e. The zero-order chi connectivity index (χ0) is 17.4. The standard InChI is InChI=1S/C18H15NO4S/c1-23-14-9-7-13(8-10-14)16-17(18(16,11-19)12-20)24(21,22)15-5-3-2-4-6-15/h2-10,12,16-17H,1H3/t16-,17-,18-/m1/s1. The van der Waals surface area contributed by atoms with Gasteiger partial charge in [-0.1, -0.05) is 30.3 Å². The Morgan fingerprint density at radius 1 is 1.12 bits per heavy atom. The summed E-state index contributed by atoms with van der Waals surface area (Å²) in [6.45, 7) is 0. The Hall–Kier alpha value is -2.65. The fraction of sp³-hybridized carbons (Fsp3) is 0.222. The van der Waals surface area contributed by atoms with E-state index in [0.29, 0.717) is 17.6 Å². The number of carbonyl (C=O) groups excluding carboxylic acids is 1. The summed E-state index contributed by atoms with van der Waals surface area (Å²) in [4.78, 5) is 11.7. The number of hydrogen-bond donors (Lipinski definition) is 0. The Bertz CT molecular complexity index is 900. The van der Waals surface area contributed by atoms with Gasteiger partial charge in [0.2, 0.25) is 0 Å². The SMILES string of the molecule is COc1ccc([C@@H]2[C@@H](S(=O)(=O)c3ccccc3)[C@]2(C#N)C=O)cc1. The minimum absolute atomic E-state index is 0.118. The molecule has 2 aromatic rings. The monoisotopic (exact) mass is 341 g/mol. The molecule has 1 fully saturated rings. The van der Waals surface area contributed by atoms with Gasteiger partial charge in [-0.2, -0.15) is 5.26 Å². The summed E-state index contributed by atoms with van der Waals surface area (Å²) < 4.78 is 30.9. The van der Waals surface area contributed by atoms with Gasteiger partial charge in [-0.05, 0) is 29.8 Å². The van der Waals surface area contributed by atoms with E-state index in [1.54, 1.807) is 42.5 Å². The van der Waals surface area contributed by atoms with Crippen LogP contribution in [0.15, 0.2) is 59.5 Å². The number of ether oxygens (including phenoxy) is 1. The lowest BCUT2D eigenvalue weighted by atomic mass is 10.0. The summed E-state index contributed by atoms with van der Waals surface area (Å²) >= 11 is 0. The first-order valence-electron chi connectivity index (χ1n) is 7.31. The van der Waals surface area contributed by atoms with Gasteiger partial charge >= 0.3 is 0 Å². The molecule has 0 aromatic heterocycles. The zero-order valence-electron chi connectivity index (χ0n) is 12.9. The first-order chi connectivity index (χ1) is 11.5. The van der Waals surface area contributed by atoms with Gasteiger partial charge in [-0.25, -0.2) is 8.42 Å². The molecule has 0 amide bonds. The number of aldehydes is 1. The van der Waals surface area contributed by atoms with Crippen molar-refractivity contribution in [2.24, 2.45) is 5.41 Å². The summed E-state index contributed by atoms with van der Waals surface area (Å²) in [5.41, 5.74) is -0.919. The van der Waals surface area contributed by atoms with Gasteiger partial charge in [0.15, 0.2) is 9.84 Å². The summed E-state index contributed by atoms with van der Waals surface area (Å²) in [7, 11) is -2.27. The van der Waals surface area contributed by atoms with Crippen LogP contribution in [0.25, 0.3) is 0 Å². The molecule has 6 heteroatoms. The first-order valence-corrected chi connectivity index (χ1v) is 8.86. The normalized spacial score (nSPS) is 25.5. The summed E-state index contributed by atoms with van der Waals surface area (Å²) in [6, 6.07) is 16.6. The van der Waals surface area contributed by atoms with Crippen LogP contribution in [0, 0.1) is 16.7 Å². The van der Waals surface area contributed by atoms with Crippen molar-refractivity contribution >= 4 is 16.1 Å². The van der Waals surface area contributed by atoms with Crippen LogP contribution in [0.4, 0.5) is 0 Å². The molecule has 0 N–H and O–H groups in total. The number of rotatable bonds is 5. The van der Waals surface area contributed by atoms with Gasteiger partial charge in [0, 0.05) is 5.92 Å². The highest BCUT2D eigenvalue weighted by molar-refractivity contribution is 7.92. The van der Waals surface area contributed by atoms with Gasteiger partial charge in [0.05, 0.1) is 18.1 Å². The van der Waals surface area contributed by atoms with Crippen molar-refractivity contribution in [2.75, 3.05) is 7.11 Å². The molecule has 0 radical (unpaired) electrons. The zero-order valence-corrected chi connectivity index (χ0v) is 13.7. The third-order valence-electron chi connectivity index (χ3n) is 4.45. The minimum atomic E-state index is -3.80. The molecule has 1 aliphatic rings. The predicted octanol–water partition coefficient (Wildman–Crippen LogP) is 2.34. The Morgan fingerprint density at radius 3 is 2.25 bits per heavy atom. The number of nitriles is 1. The topological polar surface area (TPSA) is 84.2 Å². The van der Waals surface area contributed by atoms with E-state index in [0.717, 1.165) is 0 Å². The van der Waals surface area contributed by atoms with Crippen LogP contribution in [0.3, 0.4) is 0 Å². The largest absolute Gasteiger partial charge is 0.497 e. The second-order valence-corrected chi connectivity index (χ2v) is 7.76. The van der Waals surface area contributed by atoms with Gasteiger partial charge in [-0.15, -0.1) is 0 Å². The second-order valence-electron chi connectivity index (χ2n) is 5.69. The van der Waals surface area contributed by atoms with Crippen LogP contribution in [-0.2, 0) is 14.6 Å². The lowest BCUT2D eigenvalue weighted by Crippen LogP contribution is -2.16. The molecule has 0 aliphatic heterocycles. The van der Waals surface area contributed by atoms with Crippen molar-refractivity contribution in [3.63, 3.8) is 0 Å². The van der Waals surface area contributed by atoms with Crippen molar-refractivity contribution in [3.8, 4) is 11.8 Å². The van der Waals surface area contributed by atoms with Crippen molar-refractivity contribution in [2.45, 2.75) is 16.1 Å². The Morgan fingerprint density at radius 2 is 1.75 bits per heavy atom. The van der Waals surface area contributed by atoms with Crippen LogP contribution in [0.1, 0.15) is 11.5 Å². The van der Waals surface area contributed by atoms with Gasteiger partial charge in [0.25, 0.3) is 0 Å². The number of carbonyl (C=O) groups is 1. The molecule has 2 aromatic carbocycles. The highest BCUT2D eigenvalue weighted by Gasteiger charge is 2.72. The number of methoxy groups -OCH3 is 1. The third-order valence-corrected chi connectivity index (χ3v) is 6.71. The van der Waals surface area contributed by atoms with E-state index >= 15 is 0 Å². The molecule has 1 saturated carbocycles. The molecule has 0 bridgehead atoms. The fourth-order valence-corrected chi connectivity index (χ4v) is 5.39. The maximum Gasteiger partial charge on any atom is 0.183 e. The van der Waals surface area contributed by atoms with Gasteiger partial charge in [-0.3, -0.25) is 0 Å². The lowest BCUT2D eigenvalue weighted by Gasteiger charge is -2.04. The smallest absolute Gasteiger partial charge is 0.183 e. The van der Waals surface area contributed by atoms with Crippen LogP contribution in [-0.4, -0.2) is 27.1 Å². The highest BCUT2D eigenvalue weighted by atomic mass is 32.2. The molecule has 3 rings (SSSR count). The molecular formula is C18H15NO4S. The molecule has 0 saturated heterocycles. The van der Waals surface area contributed by atoms with E-state index in [-0.39, 0.29) is 4.90 Å². The highest BCUT2D eigenvalue weighted by Crippen LogP contribution is 2.62. The van der Waals surface area contributed by atoms with E-state index < -0.39 is 26.4 Å². The Kier molecular flexibility index (Phi) is 3.90. The average Bonchev–Trinajstić information content (AvgIpc) is 3.33. The fourth-order valence-electron chi connectivity index (χ4n) is 3.13. The maximum atomic E-state index is 12.9. The Labute approximate surface area is 140 Å². The van der Waals surface area contributed by atoms with Crippen molar-refractivity contribution in [1.29, 1.82) is 5.26 Å². The van der Waals surface area contributed by atoms with Crippen LogP contribution in [0.2, 0.25) is 0 Å². The molecule has 0 unspecified atom stereocenters. The molecule has 1 aliphatic carbocycles. The molecular weight excluding hydrogens is 326 g/mol. The maximum absolute atomic E-state index is 12.9. The van der Waals surface area contributed by atoms with Crippen LogP contribution >= 0.6 is 0 Å². The summed E-state index contributed by atoms with van der Waals surface area (Å²) in [6.07, 6.45) is 0.465. The van der Waals surface area contributed by atoms with Crippen molar-refractivity contribution in [3.05, 3.63) is 60.2 Å². The van der Waals surface area contributed by atoms with Crippen LogP contribution < -0.4 is 4.74 Å². The average molecular weight is 341 g/mol. The van der Waals surface area contributed by atoms with Gasteiger partial charge < -0.3 is 9.53 Å². The molecule has 0 heterocycles.